The number of aromatic nitrogens is 3. The Morgan fingerprint density at radius 3 is 1.50 bits per heavy atom. The summed E-state index contributed by atoms with van der Waals surface area (Å²) < 4.78 is 0. The predicted molar refractivity (Wildman–Crippen MR) is 243 cm³/mol. The molecular formula is C55H33N3. The molecule has 0 aliphatic rings. The zero-order valence-electron chi connectivity index (χ0n) is 31.4. The first-order valence-corrected chi connectivity index (χ1v) is 19.7. The number of nitrogens with zero attached hydrogens (tertiary/aromatic N) is 3. The van der Waals surface area contributed by atoms with Gasteiger partial charge in [-0.15, -0.1) is 0 Å². The van der Waals surface area contributed by atoms with Crippen molar-refractivity contribution >= 4 is 64.6 Å². The molecule has 0 radical (unpaired) electrons. The van der Waals surface area contributed by atoms with Crippen molar-refractivity contribution in [2.75, 3.05) is 0 Å². The molecule has 2 aromatic heterocycles. The molecule has 2 heterocycles. The number of fused-ring (bicyclic) bond motifs is 2. The Labute approximate surface area is 334 Å². The molecule has 0 unspecified atom stereocenters. The maximum atomic E-state index is 5.30. The molecule has 0 saturated carbocycles. The lowest BCUT2D eigenvalue weighted by Gasteiger charge is -2.18. The van der Waals surface area contributed by atoms with E-state index in [-0.39, 0.29) is 0 Å². The lowest BCUT2D eigenvalue weighted by atomic mass is 9.86. The Balaban J connectivity index is 1.12. The molecule has 58 heavy (non-hydrogen) atoms. The predicted octanol–water partition coefficient (Wildman–Crippen LogP) is 14.6. The monoisotopic (exact) mass is 735 g/mol. The van der Waals surface area contributed by atoms with Gasteiger partial charge >= 0.3 is 0 Å². The second-order valence-corrected chi connectivity index (χ2v) is 15.2. The molecule has 0 amide bonds. The minimum atomic E-state index is 0.693. The molecule has 12 aromatic rings. The first kappa shape index (κ1) is 32.5. The second-order valence-electron chi connectivity index (χ2n) is 15.2. The topological polar surface area (TPSA) is 38.7 Å². The fourth-order valence-electron chi connectivity index (χ4n) is 9.21. The number of hydrogen-bond donors (Lipinski definition) is 0. The van der Waals surface area contributed by atoms with E-state index in [4.69, 9.17) is 9.97 Å². The maximum absolute atomic E-state index is 5.30. The quantitative estimate of drug-likeness (QED) is 0.165. The number of pyridine rings is 1. The molecule has 10 aromatic carbocycles. The minimum Gasteiger partial charge on any atom is -0.264 e. The van der Waals surface area contributed by atoms with Gasteiger partial charge in [-0.25, -0.2) is 9.97 Å². The van der Waals surface area contributed by atoms with E-state index in [2.05, 4.69) is 169 Å². The molecule has 0 N–H and O–H groups in total. The Morgan fingerprint density at radius 2 is 0.845 bits per heavy atom. The molecule has 0 atom stereocenters. The van der Waals surface area contributed by atoms with E-state index in [0.717, 1.165) is 50.3 Å². The van der Waals surface area contributed by atoms with Crippen molar-refractivity contribution in [1.29, 1.82) is 0 Å². The van der Waals surface area contributed by atoms with Crippen LogP contribution in [-0.2, 0) is 0 Å². The smallest absolute Gasteiger partial charge is 0.160 e. The van der Waals surface area contributed by atoms with Gasteiger partial charge < -0.3 is 0 Å². The van der Waals surface area contributed by atoms with Crippen molar-refractivity contribution in [2.24, 2.45) is 0 Å². The number of benzene rings is 9. The van der Waals surface area contributed by atoms with Crippen LogP contribution in [0.3, 0.4) is 0 Å². The lowest BCUT2D eigenvalue weighted by molar-refractivity contribution is 1.18. The van der Waals surface area contributed by atoms with E-state index >= 15 is 0 Å². The summed E-state index contributed by atoms with van der Waals surface area (Å²) in [6, 6.07) is 68.0. The third-order valence-corrected chi connectivity index (χ3v) is 11.9. The Bertz CT molecular complexity index is 3530. The molecular weight excluding hydrogens is 703 g/mol. The molecule has 3 heteroatoms. The summed E-state index contributed by atoms with van der Waals surface area (Å²) in [5.74, 6) is 0.693. The molecule has 3 nitrogen and oxygen atoms in total. The molecule has 0 aliphatic heterocycles. The SMILES string of the molecule is c1ccc(-c2nc(-c3ccc(-c4cccnc4)cc3)cc(-c3ccccc3-c3cc4ccc5cccc6c7cccc8ccc9cccc(c(c3)c4c56)c9c87)n2)cc1. The Morgan fingerprint density at radius 1 is 0.293 bits per heavy atom. The van der Waals surface area contributed by atoms with E-state index in [1.165, 1.54) is 64.6 Å². The Kier molecular flexibility index (Phi) is 7.23. The van der Waals surface area contributed by atoms with Crippen molar-refractivity contribution in [3.8, 4) is 56.2 Å². The van der Waals surface area contributed by atoms with Crippen LogP contribution in [-0.4, -0.2) is 15.0 Å². The highest BCUT2D eigenvalue weighted by molar-refractivity contribution is 6.37. The highest BCUT2D eigenvalue weighted by Crippen LogP contribution is 2.45. The number of hydrogen-bond acceptors (Lipinski definition) is 3. The summed E-state index contributed by atoms with van der Waals surface area (Å²) in [4.78, 5) is 14.8. The first-order valence-electron chi connectivity index (χ1n) is 19.7. The van der Waals surface area contributed by atoms with Crippen LogP contribution in [0.1, 0.15) is 0 Å². The first-order chi connectivity index (χ1) is 28.7. The van der Waals surface area contributed by atoms with E-state index in [9.17, 15) is 0 Å². The molecule has 0 bridgehead atoms. The van der Waals surface area contributed by atoms with Crippen LogP contribution in [0.4, 0.5) is 0 Å². The van der Waals surface area contributed by atoms with Gasteiger partial charge in [0.25, 0.3) is 0 Å². The minimum absolute atomic E-state index is 0.693. The number of rotatable bonds is 5. The van der Waals surface area contributed by atoms with Gasteiger partial charge in [0.1, 0.15) is 0 Å². The van der Waals surface area contributed by atoms with Crippen LogP contribution in [0.15, 0.2) is 200 Å². The van der Waals surface area contributed by atoms with Gasteiger partial charge in [0.15, 0.2) is 5.82 Å². The summed E-state index contributed by atoms with van der Waals surface area (Å²) in [6.07, 6.45) is 3.70. The highest BCUT2D eigenvalue weighted by atomic mass is 14.9. The molecule has 0 aliphatic carbocycles. The van der Waals surface area contributed by atoms with Gasteiger partial charge in [-0.1, -0.05) is 164 Å². The fraction of sp³-hybridized carbons (Fsp3) is 0. The van der Waals surface area contributed by atoms with Crippen molar-refractivity contribution in [2.45, 2.75) is 0 Å². The molecule has 268 valence electrons. The zero-order valence-corrected chi connectivity index (χ0v) is 31.4. The molecule has 0 saturated heterocycles. The highest BCUT2D eigenvalue weighted by Gasteiger charge is 2.19. The van der Waals surface area contributed by atoms with Crippen LogP contribution in [0.2, 0.25) is 0 Å². The van der Waals surface area contributed by atoms with Crippen molar-refractivity contribution in [1.82, 2.24) is 15.0 Å². The van der Waals surface area contributed by atoms with Crippen molar-refractivity contribution in [3.05, 3.63) is 200 Å². The van der Waals surface area contributed by atoms with Crippen LogP contribution in [0.5, 0.6) is 0 Å². The van der Waals surface area contributed by atoms with Crippen LogP contribution in [0, 0.1) is 0 Å². The van der Waals surface area contributed by atoms with Gasteiger partial charge in [0.2, 0.25) is 0 Å². The summed E-state index contributed by atoms with van der Waals surface area (Å²) in [5, 5.41) is 15.2. The molecule has 0 spiro atoms. The summed E-state index contributed by atoms with van der Waals surface area (Å²) in [6.45, 7) is 0. The zero-order chi connectivity index (χ0) is 38.2. The summed E-state index contributed by atoms with van der Waals surface area (Å²) >= 11 is 0. The Hall–Kier alpha value is -7.75. The van der Waals surface area contributed by atoms with Crippen molar-refractivity contribution in [3.63, 3.8) is 0 Å². The second kappa shape index (κ2) is 12.9. The summed E-state index contributed by atoms with van der Waals surface area (Å²) in [5.41, 5.74) is 9.27. The lowest BCUT2D eigenvalue weighted by Crippen LogP contribution is -1.97. The molecule has 12 rings (SSSR count). The van der Waals surface area contributed by atoms with Gasteiger partial charge in [0, 0.05) is 29.1 Å². The summed E-state index contributed by atoms with van der Waals surface area (Å²) in [7, 11) is 0. The van der Waals surface area contributed by atoms with E-state index in [0.29, 0.717) is 5.82 Å². The molecule has 0 fully saturated rings. The van der Waals surface area contributed by atoms with Crippen LogP contribution < -0.4 is 0 Å². The van der Waals surface area contributed by atoms with Gasteiger partial charge in [0.05, 0.1) is 11.4 Å². The standard InChI is InChI=1S/C55H33N3/c1-2-10-39(11-3-1)55-57-49(35-23-21-34(22-24-35)41-15-9-29-56-33-41)32-50(58-55)44-17-5-4-16-43(44)42-30-40-28-27-38-13-7-19-46-45-18-6-12-36-25-26-37-14-8-20-47(53(37)51(36)45)48(31-42)54(40)52(38)46/h1-33H. The van der Waals surface area contributed by atoms with E-state index < -0.39 is 0 Å². The van der Waals surface area contributed by atoms with Crippen molar-refractivity contribution < 1.29 is 0 Å². The van der Waals surface area contributed by atoms with Crippen LogP contribution >= 0.6 is 0 Å². The third kappa shape index (κ3) is 5.11. The van der Waals surface area contributed by atoms with Gasteiger partial charge in [-0.3, -0.25) is 4.98 Å². The fourth-order valence-corrected chi connectivity index (χ4v) is 9.21. The maximum Gasteiger partial charge on any atom is 0.160 e. The average molecular weight is 736 g/mol. The largest absolute Gasteiger partial charge is 0.264 e. The average Bonchev–Trinajstić information content (AvgIpc) is 3.30. The third-order valence-electron chi connectivity index (χ3n) is 11.9. The van der Waals surface area contributed by atoms with E-state index in [1.54, 1.807) is 6.20 Å². The normalized spacial score (nSPS) is 11.8. The van der Waals surface area contributed by atoms with Gasteiger partial charge in [-0.05, 0) is 111 Å². The van der Waals surface area contributed by atoms with Gasteiger partial charge in [-0.2, -0.15) is 0 Å². The van der Waals surface area contributed by atoms with E-state index in [1.807, 2.05) is 30.5 Å². The van der Waals surface area contributed by atoms with Crippen LogP contribution in [0.25, 0.3) is 121 Å².